The Hall–Kier alpha value is -1.96. The van der Waals surface area contributed by atoms with Crippen molar-refractivity contribution in [3.8, 4) is 5.75 Å². The molecule has 3 rings (SSSR count). The fourth-order valence-corrected chi connectivity index (χ4v) is 3.14. The summed E-state index contributed by atoms with van der Waals surface area (Å²) in [4.78, 5) is 2.48. The number of hydrogen-bond donors (Lipinski definition) is 1. The first kappa shape index (κ1) is 13.0. The number of anilines is 1. The van der Waals surface area contributed by atoms with Gasteiger partial charge in [-0.15, -0.1) is 0 Å². The number of fused-ring (bicyclic) bond motifs is 1. The van der Waals surface area contributed by atoms with E-state index in [2.05, 4.69) is 43.0 Å². The minimum Gasteiger partial charge on any atom is -0.508 e. The molecule has 2 aromatic carbocycles. The van der Waals surface area contributed by atoms with Gasteiger partial charge in [0.1, 0.15) is 5.75 Å². The summed E-state index contributed by atoms with van der Waals surface area (Å²) in [6, 6.07) is 16.6. The number of rotatable bonds is 2. The zero-order chi connectivity index (χ0) is 14.1. The highest BCUT2D eigenvalue weighted by Gasteiger charge is 2.25. The van der Waals surface area contributed by atoms with Crippen LogP contribution in [-0.4, -0.2) is 11.7 Å². The highest BCUT2D eigenvalue weighted by molar-refractivity contribution is 5.57. The lowest BCUT2D eigenvalue weighted by Gasteiger charge is -2.39. The molecule has 0 fully saturated rings. The van der Waals surface area contributed by atoms with Gasteiger partial charge >= 0.3 is 0 Å². The maximum Gasteiger partial charge on any atom is 0.115 e. The van der Waals surface area contributed by atoms with Gasteiger partial charge in [0.25, 0.3) is 0 Å². The van der Waals surface area contributed by atoms with Gasteiger partial charge in [0.2, 0.25) is 0 Å². The Morgan fingerprint density at radius 2 is 1.80 bits per heavy atom. The van der Waals surface area contributed by atoms with Crippen LogP contribution in [0.5, 0.6) is 5.75 Å². The highest BCUT2D eigenvalue weighted by Crippen LogP contribution is 2.35. The summed E-state index contributed by atoms with van der Waals surface area (Å²) in [6.07, 6.45) is 1.16. The first-order chi connectivity index (χ1) is 9.65. The maximum absolute atomic E-state index is 9.44. The van der Waals surface area contributed by atoms with E-state index in [1.165, 1.54) is 16.8 Å². The molecular formula is C18H21NO. The molecule has 2 atom stereocenters. The van der Waals surface area contributed by atoms with Gasteiger partial charge in [-0.05, 0) is 48.6 Å². The Bertz CT molecular complexity index is 591. The van der Waals surface area contributed by atoms with Gasteiger partial charge in [-0.3, -0.25) is 0 Å². The number of nitrogens with zero attached hydrogens (tertiary/aromatic N) is 1. The van der Waals surface area contributed by atoms with Crippen LogP contribution in [0.4, 0.5) is 5.69 Å². The minimum absolute atomic E-state index is 0.319. The monoisotopic (exact) mass is 267 g/mol. The van der Waals surface area contributed by atoms with Crippen molar-refractivity contribution in [2.24, 2.45) is 5.92 Å². The Labute approximate surface area is 120 Å². The standard InChI is InChI=1S/C18H21NO/c1-13-11-16-5-3-4-6-18(16)19(12-13)14(2)15-7-9-17(20)10-8-15/h3-10,13-14,20H,11-12H2,1-2H3. The molecule has 0 saturated carbocycles. The predicted molar refractivity (Wildman–Crippen MR) is 83.2 cm³/mol. The second-order valence-electron chi connectivity index (χ2n) is 5.86. The molecule has 2 aromatic rings. The first-order valence-corrected chi connectivity index (χ1v) is 7.28. The molecule has 0 amide bonds. The van der Waals surface area contributed by atoms with E-state index in [1.807, 2.05) is 12.1 Å². The van der Waals surface area contributed by atoms with Gasteiger partial charge in [-0.25, -0.2) is 0 Å². The number of para-hydroxylation sites is 1. The Kier molecular flexibility index (Phi) is 3.39. The Morgan fingerprint density at radius 1 is 1.10 bits per heavy atom. The van der Waals surface area contributed by atoms with Crippen molar-refractivity contribution in [1.29, 1.82) is 0 Å². The van der Waals surface area contributed by atoms with Crippen molar-refractivity contribution in [1.82, 2.24) is 0 Å². The molecule has 0 radical (unpaired) electrons. The molecule has 104 valence electrons. The maximum atomic E-state index is 9.44. The molecule has 1 aliphatic rings. The SMILES string of the molecule is CC1Cc2ccccc2N(C(C)c2ccc(O)cc2)C1. The number of benzene rings is 2. The van der Waals surface area contributed by atoms with Crippen LogP contribution in [0.15, 0.2) is 48.5 Å². The number of hydrogen-bond acceptors (Lipinski definition) is 2. The van der Waals surface area contributed by atoms with Gasteiger partial charge < -0.3 is 10.0 Å². The normalized spacial score (nSPS) is 19.5. The first-order valence-electron chi connectivity index (χ1n) is 7.28. The Morgan fingerprint density at radius 3 is 2.55 bits per heavy atom. The zero-order valence-electron chi connectivity index (χ0n) is 12.1. The topological polar surface area (TPSA) is 23.5 Å². The van der Waals surface area contributed by atoms with Gasteiger partial charge in [0.05, 0.1) is 6.04 Å². The molecule has 0 bridgehead atoms. The molecule has 0 aromatic heterocycles. The van der Waals surface area contributed by atoms with Crippen LogP contribution < -0.4 is 4.90 Å². The zero-order valence-corrected chi connectivity index (χ0v) is 12.1. The van der Waals surface area contributed by atoms with Crippen LogP contribution in [0.2, 0.25) is 0 Å². The summed E-state index contributed by atoms with van der Waals surface area (Å²) >= 11 is 0. The summed E-state index contributed by atoms with van der Waals surface area (Å²) in [6.45, 7) is 5.63. The van der Waals surface area contributed by atoms with Gasteiger partial charge in [0.15, 0.2) is 0 Å². The van der Waals surface area contributed by atoms with Crippen molar-refractivity contribution >= 4 is 5.69 Å². The van der Waals surface area contributed by atoms with E-state index in [9.17, 15) is 5.11 Å². The lowest BCUT2D eigenvalue weighted by molar-refractivity contribution is 0.473. The highest BCUT2D eigenvalue weighted by atomic mass is 16.3. The Balaban J connectivity index is 1.95. The van der Waals surface area contributed by atoms with E-state index in [1.54, 1.807) is 12.1 Å². The number of phenols is 1. The molecular weight excluding hydrogens is 246 g/mol. The second kappa shape index (κ2) is 5.20. The molecule has 0 spiro atoms. The minimum atomic E-state index is 0.319. The summed E-state index contributed by atoms with van der Waals surface area (Å²) in [7, 11) is 0. The third-order valence-corrected chi connectivity index (χ3v) is 4.22. The summed E-state index contributed by atoms with van der Waals surface area (Å²) in [5.74, 6) is 0.998. The second-order valence-corrected chi connectivity index (χ2v) is 5.86. The van der Waals surface area contributed by atoms with Crippen molar-refractivity contribution < 1.29 is 5.11 Å². The average Bonchev–Trinajstić information content (AvgIpc) is 2.46. The van der Waals surface area contributed by atoms with Crippen molar-refractivity contribution in [3.05, 3.63) is 59.7 Å². The van der Waals surface area contributed by atoms with Crippen LogP contribution in [0.25, 0.3) is 0 Å². The van der Waals surface area contributed by atoms with E-state index in [4.69, 9.17) is 0 Å². The lowest BCUT2D eigenvalue weighted by atomic mass is 9.91. The molecule has 0 saturated heterocycles. The lowest BCUT2D eigenvalue weighted by Crippen LogP contribution is -2.36. The molecule has 2 unspecified atom stereocenters. The predicted octanol–water partition coefficient (Wildman–Crippen LogP) is 4.15. The number of phenolic OH excluding ortho intramolecular Hbond substituents is 1. The van der Waals surface area contributed by atoms with Gasteiger partial charge in [-0.1, -0.05) is 37.3 Å². The smallest absolute Gasteiger partial charge is 0.115 e. The van der Waals surface area contributed by atoms with Gasteiger partial charge in [0, 0.05) is 12.2 Å². The van der Waals surface area contributed by atoms with E-state index >= 15 is 0 Å². The molecule has 20 heavy (non-hydrogen) atoms. The fourth-order valence-electron chi connectivity index (χ4n) is 3.14. The van der Waals surface area contributed by atoms with Crippen LogP contribution >= 0.6 is 0 Å². The molecule has 1 N–H and O–H groups in total. The third kappa shape index (κ3) is 2.38. The van der Waals surface area contributed by atoms with Crippen molar-refractivity contribution in [3.63, 3.8) is 0 Å². The summed E-state index contributed by atoms with van der Waals surface area (Å²) < 4.78 is 0. The third-order valence-electron chi connectivity index (χ3n) is 4.22. The van der Waals surface area contributed by atoms with E-state index in [0.717, 1.165) is 13.0 Å². The van der Waals surface area contributed by atoms with Crippen molar-refractivity contribution in [2.45, 2.75) is 26.3 Å². The molecule has 1 aliphatic heterocycles. The molecule has 1 heterocycles. The number of aromatic hydroxyl groups is 1. The average molecular weight is 267 g/mol. The quantitative estimate of drug-likeness (QED) is 0.883. The van der Waals surface area contributed by atoms with Crippen LogP contribution in [-0.2, 0) is 6.42 Å². The molecule has 2 heteroatoms. The molecule has 0 aliphatic carbocycles. The van der Waals surface area contributed by atoms with E-state index < -0.39 is 0 Å². The van der Waals surface area contributed by atoms with E-state index in [-0.39, 0.29) is 0 Å². The fraction of sp³-hybridized carbons (Fsp3) is 0.333. The molecule has 2 nitrogen and oxygen atoms in total. The summed E-state index contributed by atoms with van der Waals surface area (Å²) in [5, 5.41) is 9.44. The summed E-state index contributed by atoms with van der Waals surface area (Å²) in [5.41, 5.74) is 4.04. The van der Waals surface area contributed by atoms with Gasteiger partial charge in [-0.2, -0.15) is 0 Å². The van der Waals surface area contributed by atoms with Crippen LogP contribution in [0, 0.1) is 5.92 Å². The van der Waals surface area contributed by atoms with Crippen LogP contribution in [0.3, 0.4) is 0 Å². The van der Waals surface area contributed by atoms with Crippen LogP contribution in [0.1, 0.15) is 31.0 Å². The van der Waals surface area contributed by atoms with E-state index in [0.29, 0.717) is 17.7 Å². The largest absolute Gasteiger partial charge is 0.508 e. The van der Waals surface area contributed by atoms with Crippen molar-refractivity contribution in [2.75, 3.05) is 11.4 Å².